The molecule has 3 heteroatoms. The molecule has 1 aromatic carbocycles. The minimum Gasteiger partial charge on any atom is -0.319 e. The molecule has 1 aliphatic heterocycles. The second-order valence-electron chi connectivity index (χ2n) is 6.99. The summed E-state index contributed by atoms with van der Waals surface area (Å²) in [6.07, 6.45) is 4.55. The molecule has 1 N–H and O–H groups in total. The predicted octanol–water partition coefficient (Wildman–Crippen LogP) is 3.39. The van der Waals surface area contributed by atoms with Crippen LogP contribution in [0.25, 0.3) is 0 Å². The summed E-state index contributed by atoms with van der Waals surface area (Å²) in [7, 11) is 0. The molecule has 1 amide bonds. The summed E-state index contributed by atoms with van der Waals surface area (Å²) in [5, 5.41) is 3.58. The number of benzene rings is 1. The van der Waals surface area contributed by atoms with Crippen molar-refractivity contribution in [3.8, 4) is 0 Å². The van der Waals surface area contributed by atoms with Crippen molar-refractivity contribution < 1.29 is 4.79 Å². The predicted molar refractivity (Wildman–Crippen MR) is 84.8 cm³/mol. The second kappa shape index (κ2) is 5.80. The van der Waals surface area contributed by atoms with Crippen LogP contribution in [0.15, 0.2) is 24.3 Å². The highest BCUT2D eigenvalue weighted by Crippen LogP contribution is 2.36. The molecule has 1 saturated heterocycles. The Morgan fingerprint density at radius 1 is 1.24 bits per heavy atom. The Labute approximate surface area is 127 Å². The number of carbonyl (C=O) groups is 1. The van der Waals surface area contributed by atoms with Gasteiger partial charge in [-0.15, -0.1) is 0 Å². The molecular weight excluding hydrogens is 260 g/mol. The fourth-order valence-corrected chi connectivity index (χ4v) is 3.35. The Bertz CT molecular complexity index is 504. The van der Waals surface area contributed by atoms with Crippen LogP contribution in [0.4, 0.5) is 0 Å². The lowest BCUT2D eigenvalue weighted by atomic mass is 9.90. The molecule has 3 rings (SSSR count). The fraction of sp³-hybridized carbons (Fsp3) is 0.611. The van der Waals surface area contributed by atoms with Crippen LogP contribution in [0.2, 0.25) is 0 Å². The number of hydrogen-bond acceptors (Lipinski definition) is 2. The van der Waals surface area contributed by atoms with Crippen molar-refractivity contribution in [1.29, 1.82) is 0 Å². The first kappa shape index (κ1) is 14.6. The largest absolute Gasteiger partial charge is 0.319 e. The third-order valence-electron chi connectivity index (χ3n) is 4.76. The van der Waals surface area contributed by atoms with Gasteiger partial charge in [0.2, 0.25) is 5.91 Å². The van der Waals surface area contributed by atoms with Crippen molar-refractivity contribution in [2.75, 3.05) is 0 Å². The van der Waals surface area contributed by atoms with E-state index in [0.717, 1.165) is 19.3 Å². The lowest BCUT2D eigenvalue weighted by Gasteiger charge is -2.38. The van der Waals surface area contributed by atoms with Gasteiger partial charge in [-0.2, -0.15) is 0 Å². The number of rotatable bonds is 4. The fourth-order valence-electron chi connectivity index (χ4n) is 3.35. The van der Waals surface area contributed by atoms with Crippen LogP contribution >= 0.6 is 0 Å². The highest BCUT2D eigenvalue weighted by molar-refractivity contribution is 5.85. The standard InChI is InChI=1S/C18H26N2O/c1-12(2)11-16-18(21)20(15-5-4-6-15)17(19-16)14-9-7-13(3)8-10-14/h7-10,12,15-17,19H,4-6,11H2,1-3H3. The van der Waals surface area contributed by atoms with E-state index in [1.54, 1.807) is 0 Å². The van der Waals surface area contributed by atoms with Crippen LogP contribution in [0.5, 0.6) is 0 Å². The summed E-state index contributed by atoms with van der Waals surface area (Å²) in [6, 6.07) is 9.00. The molecule has 1 heterocycles. The van der Waals surface area contributed by atoms with Crippen LogP contribution in [-0.2, 0) is 4.79 Å². The monoisotopic (exact) mass is 286 g/mol. The molecule has 2 unspecified atom stereocenters. The SMILES string of the molecule is Cc1ccc(C2NC(CC(C)C)C(=O)N2C2CCC2)cc1. The van der Waals surface area contributed by atoms with E-state index in [-0.39, 0.29) is 12.2 Å². The summed E-state index contributed by atoms with van der Waals surface area (Å²) < 4.78 is 0. The van der Waals surface area contributed by atoms with Gasteiger partial charge in [0.15, 0.2) is 0 Å². The average Bonchev–Trinajstić information content (AvgIpc) is 2.67. The third kappa shape index (κ3) is 2.84. The van der Waals surface area contributed by atoms with E-state index in [0.29, 0.717) is 17.9 Å². The Balaban J connectivity index is 1.85. The molecule has 2 fully saturated rings. The molecule has 3 nitrogen and oxygen atoms in total. The van der Waals surface area contributed by atoms with Crippen molar-refractivity contribution in [1.82, 2.24) is 10.2 Å². The van der Waals surface area contributed by atoms with E-state index < -0.39 is 0 Å². The van der Waals surface area contributed by atoms with Gasteiger partial charge in [-0.1, -0.05) is 43.7 Å². The zero-order valence-electron chi connectivity index (χ0n) is 13.3. The van der Waals surface area contributed by atoms with Crippen LogP contribution in [0.3, 0.4) is 0 Å². The van der Waals surface area contributed by atoms with Gasteiger partial charge in [0.05, 0.1) is 6.04 Å². The van der Waals surface area contributed by atoms with Crippen molar-refractivity contribution >= 4 is 5.91 Å². The van der Waals surface area contributed by atoms with Gasteiger partial charge in [-0.05, 0) is 44.1 Å². The summed E-state index contributed by atoms with van der Waals surface area (Å²) in [6.45, 7) is 6.46. The number of hydrogen-bond donors (Lipinski definition) is 1. The second-order valence-corrected chi connectivity index (χ2v) is 6.99. The minimum absolute atomic E-state index is 0.0168. The number of nitrogens with one attached hydrogen (secondary N) is 1. The third-order valence-corrected chi connectivity index (χ3v) is 4.76. The van der Waals surface area contributed by atoms with Crippen molar-refractivity contribution in [3.63, 3.8) is 0 Å². The molecule has 1 aliphatic carbocycles. The molecule has 0 bridgehead atoms. The van der Waals surface area contributed by atoms with Crippen LogP contribution in [-0.4, -0.2) is 22.9 Å². The summed E-state index contributed by atoms with van der Waals surface area (Å²) >= 11 is 0. The Hall–Kier alpha value is -1.35. The van der Waals surface area contributed by atoms with Gasteiger partial charge >= 0.3 is 0 Å². The normalized spacial score (nSPS) is 26.5. The van der Waals surface area contributed by atoms with E-state index in [2.05, 4.69) is 55.3 Å². The average molecular weight is 286 g/mol. The van der Waals surface area contributed by atoms with E-state index >= 15 is 0 Å². The molecule has 2 aliphatic rings. The Morgan fingerprint density at radius 2 is 1.90 bits per heavy atom. The molecule has 0 spiro atoms. The highest BCUT2D eigenvalue weighted by Gasteiger charge is 2.44. The van der Waals surface area contributed by atoms with Gasteiger partial charge in [0.1, 0.15) is 6.17 Å². The first-order valence-corrected chi connectivity index (χ1v) is 8.21. The molecule has 1 aromatic rings. The lowest BCUT2D eigenvalue weighted by Crippen LogP contribution is -2.44. The van der Waals surface area contributed by atoms with E-state index in [1.807, 2.05) is 0 Å². The first-order chi connectivity index (χ1) is 10.1. The number of nitrogens with zero attached hydrogens (tertiary/aromatic N) is 1. The molecule has 114 valence electrons. The number of aryl methyl sites for hydroxylation is 1. The number of amides is 1. The smallest absolute Gasteiger partial charge is 0.241 e. The van der Waals surface area contributed by atoms with E-state index in [4.69, 9.17) is 0 Å². The quantitative estimate of drug-likeness (QED) is 0.920. The molecule has 0 radical (unpaired) electrons. The van der Waals surface area contributed by atoms with Crippen LogP contribution in [0.1, 0.15) is 56.8 Å². The Morgan fingerprint density at radius 3 is 2.43 bits per heavy atom. The highest BCUT2D eigenvalue weighted by atomic mass is 16.2. The first-order valence-electron chi connectivity index (χ1n) is 8.21. The molecule has 1 saturated carbocycles. The van der Waals surface area contributed by atoms with Crippen molar-refractivity contribution in [3.05, 3.63) is 35.4 Å². The van der Waals surface area contributed by atoms with Crippen molar-refractivity contribution in [2.45, 2.75) is 64.7 Å². The van der Waals surface area contributed by atoms with Crippen molar-refractivity contribution in [2.24, 2.45) is 5.92 Å². The summed E-state index contributed by atoms with van der Waals surface area (Å²) in [4.78, 5) is 14.9. The minimum atomic E-state index is -0.0168. The van der Waals surface area contributed by atoms with Gasteiger partial charge < -0.3 is 4.90 Å². The zero-order chi connectivity index (χ0) is 15.0. The Kier molecular flexibility index (Phi) is 4.03. The molecule has 21 heavy (non-hydrogen) atoms. The summed E-state index contributed by atoms with van der Waals surface area (Å²) in [5.74, 6) is 0.838. The number of carbonyl (C=O) groups excluding carboxylic acids is 1. The van der Waals surface area contributed by atoms with Crippen LogP contribution in [0, 0.1) is 12.8 Å². The van der Waals surface area contributed by atoms with Gasteiger partial charge in [-0.3, -0.25) is 10.1 Å². The maximum atomic E-state index is 12.8. The molecule has 2 atom stereocenters. The van der Waals surface area contributed by atoms with Crippen LogP contribution < -0.4 is 5.32 Å². The van der Waals surface area contributed by atoms with E-state index in [1.165, 1.54) is 17.5 Å². The summed E-state index contributed by atoms with van der Waals surface area (Å²) in [5.41, 5.74) is 2.48. The van der Waals surface area contributed by atoms with Gasteiger partial charge in [0, 0.05) is 6.04 Å². The van der Waals surface area contributed by atoms with Gasteiger partial charge in [0.25, 0.3) is 0 Å². The zero-order valence-corrected chi connectivity index (χ0v) is 13.3. The van der Waals surface area contributed by atoms with Gasteiger partial charge in [-0.25, -0.2) is 0 Å². The maximum absolute atomic E-state index is 12.8. The van der Waals surface area contributed by atoms with E-state index in [9.17, 15) is 4.79 Å². The topological polar surface area (TPSA) is 32.3 Å². The maximum Gasteiger partial charge on any atom is 0.241 e. The lowest BCUT2D eigenvalue weighted by molar-refractivity contribution is -0.134. The molecule has 0 aromatic heterocycles. The molecular formula is C18H26N2O.